The second-order valence-corrected chi connectivity index (χ2v) is 5.76. The molecule has 2 N–H and O–H groups in total. The fraction of sp³-hybridized carbons (Fsp3) is 0.235. The van der Waals surface area contributed by atoms with Crippen LogP contribution < -0.4 is 21.7 Å². The van der Waals surface area contributed by atoms with Crippen LogP contribution in [0.3, 0.4) is 0 Å². The first-order valence-electron chi connectivity index (χ1n) is 7.31. The molecule has 0 aliphatic carbocycles. The molecule has 7 nitrogen and oxygen atoms in total. The van der Waals surface area contributed by atoms with E-state index in [0.717, 1.165) is 15.7 Å². The minimum absolute atomic E-state index is 0.0751. The van der Waals surface area contributed by atoms with Crippen molar-refractivity contribution in [3.8, 4) is 11.9 Å². The standard InChI is InChI=1S/C17H16N4O3/c1-9-5-4-6-10(7-9)12-11(8-18)14(19)24-16-13(12)15(22)20(2)17(23)21(16)3/h4-7,12H,19H2,1-3H3/t12-/m1/s1. The molecule has 24 heavy (non-hydrogen) atoms. The molecule has 1 aromatic heterocycles. The number of nitriles is 1. The second-order valence-electron chi connectivity index (χ2n) is 5.76. The number of aromatic nitrogens is 2. The van der Waals surface area contributed by atoms with Gasteiger partial charge in [0.1, 0.15) is 11.6 Å². The van der Waals surface area contributed by atoms with Crippen LogP contribution in [0.4, 0.5) is 0 Å². The predicted molar refractivity (Wildman–Crippen MR) is 87.4 cm³/mol. The van der Waals surface area contributed by atoms with E-state index in [1.165, 1.54) is 18.7 Å². The molecule has 2 aromatic rings. The van der Waals surface area contributed by atoms with Crippen LogP contribution in [0.5, 0.6) is 5.88 Å². The molecule has 1 atom stereocenters. The first-order chi connectivity index (χ1) is 11.4. The van der Waals surface area contributed by atoms with E-state index in [1.807, 2.05) is 37.3 Å². The van der Waals surface area contributed by atoms with Crippen LogP contribution in [-0.2, 0) is 14.1 Å². The number of hydrogen-bond donors (Lipinski definition) is 1. The van der Waals surface area contributed by atoms with Crippen molar-refractivity contribution in [2.75, 3.05) is 0 Å². The third-order valence-corrected chi connectivity index (χ3v) is 4.19. The summed E-state index contributed by atoms with van der Waals surface area (Å²) in [6.45, 7) is 1.92. The van der Waals surface area contributed by atoms with Crippen molar-refractivity contribution in [2.45, 2.75) is 12.8 Å². The van der Waals surface area contributed by atoms with Gasteiger partial charge in [0.2, 0.25) is 11.8 Å². The number of allylic oxidation sites excluding steroid dienone is 1. The summed E-state index contributed by atoms with van der Waals surface area (Å²) < 4.78 is 7.67. The highest BCUT2D eigenvalue weighted by molar-refractivity contribution is 5.53. The zero-order chi connectivity index (χ0) is 17.6. The van der Waals surface area contributed by atoms with Crippen molar-refractivity contribution in [3.63, 3.8) is 0 Å². The van der Waals surface area contributed by atoms with Gasteiger partial charge in [-0.25, -0.2) is 4.79 Å². The largest absolute Gasteiger partial charge is 0.423 e. The van der Waals surface area contributed by atoms with Gasteiger partial charge in [-0.2, -0.15) is 5.26 Å². The number of nitrogens with two attached hydrogens (primary N) is 1. The Morgan fingerprint density at radius 2 is 1.96 bits per heavy atom. The van der Waals surface area contributed by atoms with Gasteiger partial charge in [-0.3, -0.25) is 13.9 Å². The lowest BCUT2D eigenvalue weighted by molar-refractivity contribution is 0.348. The van der Waals surface area contributed by atoms with Crippen LogP contribution in [0.25, 0.3) is 0 Å². The van der Waals surface area contributed by atoms with Crippen LogP contribution in [-0.4, -0.2) is 9.13 Å². The van der Waals surface area contributed by atoms with Crippen LogP contribution in [0, 0.1) is 18.3 Å². The van der Waals surface area contributed by atoms with Crippen LogP contribution >= 0.6 is 0 Å². The van der Waals surface area contributed by atoms with Gasteiger partial charge >= 0.3 is 5.69 Å². The lowest BCUT2D eigenvalue weighted by atomic mass is 9.84. The lowest BCUT2D eigenvalue weighted by Gasteiger charge is -2.27. The number of nitrogens with zero attached hydrogens (tertiary/aromatic N) is 3. The molecule has 7 heteroatoms. The maximum atomic E-state index is 12.7. The number of rotatable bonds is 1. The molecule has 1 aliphatic heterocycles. The maximum absolute atomic E-state index is 12.7. The monoisotopic (exact) mass is 324 g/mol. The van der Waals surface area contributed by atoms with Gasteiger partial charge in [0, 0.05) is 14.1 Å². The van der Waals surface area contributed by atoms with E-state index in [-0.39, 0.29) is 22.9 Å². The van der Waals surface area contributed by atoms with Gasteiger partial charge in [-0.15, -0.1) is 0 Å². The number of benzene rings is 1. The van der Waals surface area contributed by atoms with E-state index >= 15 is 0 Å². The van der Waals surface area contributed by atoms with E-state index in [2.05, 4.69) is 0 Å². The average molecular weight is 324 g/mol. The van der Waals surface area contributed by atoms with Gasteiger partial charge < -0.3 is 10.5 Å². The summed E-state index contributed by atoms with van der Waals surface area (Å²) in [6.07, 6.45) is 0. The molecule has 0 fully saturated rings. The van der Waals surface area contributed by atoms with E-state index in [4.69, 9.17) is 10.5 Å². The molecule has 122 valence electrons. The Labute approximate surface area is 137 Å². The minimum Gasteiger partial charge on any atom is -0.423 e. The molecule has 0 amide bonds. The Morgan fingerprint density at radius 1 is 1.25 bits per heavy atom. The predicted octanol–water partition coefficient (Wildman–Crippen LogP) is 0.611. The third kappa shape index (κ3) is 2.12. The van der Waals surface area contributed by atoms with Crippen LogP contribution in [0.2, 0.25) is 0 Å². The average Bonchev–Trinajstić information content (AvgIpc) is 2.57. The Kier molecular flexibility index (Phi) is 3.53. The lowest BCUT2D eigenvalue weighted by Crippen LogP contribution is -2.42. The zero-order valence-electron chi connectivity index (χ0n) is 13.5. The van der Waals surface area contributed by atoms with Gasteiger partial charge in [0.15, 0.2) is 0 Å². The van der Waals surface area contributed by atoms with Crippen molar-refractivity contribution in [2.24, 2.45) is 19.8 Å². The molecular weight excluding hydrogens is 308 g/mol. The summed E-state index contributed by atoms with van der Waals surface area (Å²) >= 11 is 0. The molecule has 0 radical (unpaired) electrons. The van der Waals surface area contributed by atoms with E-state index < -0.39 is 17.2 Å². The SMILES string of the molecule is Cc1cccc([C@@H]2C(C#N)=C(N)Oc3c2c(=O)n(C)c(=O)n3C)c1. The van der Waals surface area contributed by atoms with Gasteiger partial charge in [-0.1, -0.05) is 29.8 Å². The van der Waals surface area contributed by atoms with E-state index in [9.17, 15) is 14.9 Å². The summed E-state index contributed by atoms with van der Waals surface area (Å²) in [4.78, 5) is 24.9. The molecule has 0 bridgehead atoms. The highest BCUT2D eigenvalue weighted by Gasteiger charge is 2.35. The van der Waals surface area contributed by atoms with Gasteiger partial charge in [0.25, 0.3) is 5.56 Å². The Morgan fingerprint density at radius 3 is 2.58 bits per heavy atom. The summed E-state index contributed by atoms with van der Waals surface area (Å²) in [5.74, 6) is -0.699. The highest BCUT2D eigenvalue weighted by Crippen LogP contribution is 2.39. The Bertz CT molecular complexity index is 1040. The molecule has 0 saturated carbocycles. The zero-order valence-corrected chi connectivity index (χ0v) is 13.5. The topological polar surface area (TPSA) is 103 Å². The molecule has 1 aromatic carbocycles. The highest BCUT2D eigenvalue weighted by atomic mass is 16.5. The first-order valence-corrected chi connectivity index (χ1v) is 7.31. The molecule has 1 aliphatic rings. The number of aryl methyl sites for hydroxylation is 1. The van der Waals surface area contributed by atoms with Gasteiger partial charge in [0.05, 0.1) is 11.5 Å². The molecule has 0 spiro atoms. The Hall–Kier alpha value is -3.27. The fourth-order valence-electron chi connectivity index (χ4n) is 2.97. The first kappa shape index (κ1) is 15.6. The van der Waals surface area contributed by atoms with Crippen LogP contribution in [0.15, 0.2) is 45.3 Å². The number of ether oxygens (including phenoxy) is 1. The number of hydrogen-bond acceptors (Lipinski definition) is 5. The summed E-state index contributed by atoms with van der Waals surface area (Å²) in [7, 11) is 2.89. The quantitative estimate of drug-likeness (QED) is 0.828. The fourth-order valence-corrected chi connectivity index (χ4v) is 2.97. The summed E-state index contributed by atoms with van der Waals surface area (Å²) in [5, 5.41) is 9.53. The van der Waals surface area contributed by atoms with Gasteiger partial charge in [-0.05, 0) is 12.5 Å². The van der Waals surface area contributed by atoms with Crippen LogP contribution in [0.1, 0.15) is 22.6 Å². The van der Waals surface area contributed by atoms with Crippen molar-refractivity contribution in [1.29, 1.82) is 5.26 Å². The molecule has 0 unspecified atom stereocenters. The second kappa shape index (κ2) is 5.42. The van der Waals surface area contributed by atoms with Crippen molar-refractivity contribution < 1.29 is 4.74 Å². The van der Waals surface area contributed by atoms with E-state index in [1.54, 1.807) is 0 Å². The van der Waals surface area contributed by atoms with E-state index in [0.29, 0.717) is 0 Å². The number of fused-ring (bicyclic) bond motifs is 1. The molecule has 2 heterocycles. The Balaban J connectivity index is 2.44. The maximum Gasteiger partial charge on any atom is 0.333 e. The third-order valence-electron chi connectivity index (χ3n) is 4.19. The molecule has 3 rings (SSSR count). The normalized spacial score (nSPS) is 16.3. The minimum atomic E-state index is -0.677. The summed E-state index contributed by atoms with van der Waals surface area (Å²) in [6, 6.07) is 9.51. The molecule has 0 saturated heterocycles. The van der Waals surface area contributed by atoms with Crippen molar-refractivity contribution in [3.05, 3.63) is 73.3 Å². The van der Waals surface area contributed by atoms with Crippen molar-refractivity contribution in [1.82, 2.24) is 9.13 Å². The summed E-state index contributed by atoms with van der Waals surface area (Å²) in [5.41, 5.74) is 6.99. The van der Waals surface area contributed by atoms with Crippen molar-refractivity contribution >= 4 is 0 Å². The smallest absolute Gasteiger partial charge is 0.333 e. The molecular formula is C17H16N4O3.